The number of alkyl halides is 14. The molecule has 0 aliphatic carbocycles. The number of hydrogen-bond donors (Lipinski definition) is 1. The second-order valence-electron chi connectivity index (χ2n) is 9.53. The molecule has 0 aliphatic rings. The van der Waals surface area contributed by atoms with Gasteiger partial charge in [0.05, 0.1) is 19.1 Å². The summed E-state index contributed by atoms with van der Waals surface area (Å²) in [4.78, 5) is 36.7. The number of carbonyl (C=O) groups is 3. The molecule has 10 nitrogen and oxygen atoms in total. The largest absolute Gasteiger partial charge is 0.460 e. The first-order valence-electron chi connectivity index (χ1n) is 11.9. The van der Waals surface area contributed by atoms with Gasteiger partial charge in [0.25, 0.3) is 10.1 Å². The second-order valence-corrected chi connectivity index (χ2v) is 11.1. The van der Waals surface area contributed by atoms with Crippen molar-refractivity contribution in [3.05, 3.63) is 0 Å². The van der Waals surface area contributed by atoms with Crippen LogP contribution in [0.15, 0.2) is 0 Å². The second kappa shape index (κ2) is 15.1. The molecule has 272 valence electrons. The molecule has 0 aromatic heterocycles. The van der Waals surface area contributed by atoms with Gasteiger partial charge in [0.2, 0.25) is 0 Å². The molecule has 1 N–H and O–H groups in total. The number of esters is 2. The Morgan fingerprint density at radius 3 is 1.26 bits per heavy atom. The molecule has 0 aromatic rings. The number of rotatable bonds is 18. The van der Waals surface area contributed by atoms with Crippen LogP contribution in [0.2, 0.25) is 0 Å². The number of carbonyl (C=O) groups excluding carboxylic acids is 3. The summed E-state index contributed by atoms with van der Waals surface area (Å²) in [6.07, 6.45) is -18.6. The summed E-state index contributed by atoms with van der Waals surface area (Å²) in [7, 11) is -5.81. The maximum Gasteiger partial charge on any atom is 0.459 e. The van der Waals surface area contributed by atoms with Crippen molar-refractivity contribution in [2.45, 2.75) is 80.7 Å². The van der Waals surface area contributed by atoms with Crippen LogP contribution in [-0.4, -0.2) is 111 Å². The van der Waals surface area contributed by atoms with Crippen LogP contribution in [0.4, 0.5) is 61.5 Å². The number of ketones is 1. The van der Waals surface area contributed by atoms with E-state index in [0.717, 1.165) is 6.92 Å². The Kier molecular flexibility index (Phi) is 14.3. The normalized spacial score (nSPS) is 16.7. The van der Waals surface area contributed by atoms with Gasteiger partial charge in [-0.15, -0.1) is 0 Å². The van der Waals surface area contributed by atoms with Gasteiger partial charge in [-0.3, -0.25) is 14.1 Å². The molecule has 0 bridgehead atoms. The smallest absolute Gasteiger partial charge is 0.459 e. The van der Waals surface area contributed by atoms with E-state index >= 15 is 0 Å². The molecular weight excluding hydrogens is 710 g/mol. The van der Waals surface area contributed by atoms with Crippen molar-refractivity contribution in [1.29, 1.82) is 0 Å². The summed E-state index contributed by atoms with van der Waals surface area (Å²) >= 11 is 0. The van der Waals surface area contributed by atoms with E-state index in [4.69, 9.17) is 0 Å². The third-order valence-corrected chi connectivity index (χ3v) is 6.43. The Hall–Kier alpha value is -2.54. The molecule has 0 saturated heterocycles. The van der Waals surface area contributed by atoms with Crippen molar-refractivity contribution in [1.82, 2.24) is 0 Å². The van der Waals surface area contributed by atoms with Crippen LogP contribution >= 0.6 is 0 Å². The SMILES string of the molecule is CC(=O)CC(C(=O)OC(C)COCC(F)(F)C(F)(F)C(F)(F)F)C(C(=O)OC(C)COCC(F)(F)C(F)(F)C(F)(F)F)S(=O)(=O)O. The van der Waals surface area contributed by atoms with Crippen molar-refractivity contribution in [3.8, 4) is 0 Å². The van der Waals surface area contributed by atoms with Crippen molar-refractivity contribution < 1.29 is 108 Å². The Morgan fingerprint density at radius 2 is 0.978 bits per heavy atom. The highest BCUT2D eigenvalue weighted by Gasteiger charge is 2.74. The first-order valence-corrected chi connectivity index (χ1v) is 13.4. The van der Waals surface area contributed by atoms with Crippen LogP contribution in [-0.2, 0) is 43.4 Å². The van der Waals surface area contributed by atoms with Gasteiger partial charge in [-0.05, 0) is 20.8 Å². The lowest BCUT2D eigenvalue weighted by atomic mass is 9.98. The third-order valence-electron chi connectivity index (χ3n) is 5.27. The molecule has 25 heteroatoms. The Bertz CT molecular complexity index is 1170. The maximum absolute atomic E-state index is 13.3. The zero-order valence-electron chi connectivity index (χ0n) is 23.2. The summed E-state index contributed by atoms with van der Waals surface area (Å²) in [6, 6.07) is 0. The lowest BCUT2D eigenvalue weighted by molar-refractivity contribution is -0.361. The lowest BCUT2D eigenvalue weighted by Crippen LogP contribution is -2.54. The highest BCUT2D eigenvalue weighted by molar-refractivity contribution is 7.87. The van der Waals surface area contributed by atoms with Gasteiger partial charge in [0, 0.05) is 6.42 Å². The molecule has 4 unspecified atom stereocenters. The number of hydrogen-bond acceptors (Lipinski definition) is 9. The summed E-state index contributed by atoms with van der Waals surface area (Å²) in [6.45, 7) is -5.89. The average Bonchev–Trinajstić information content (AvgIpc) is 2.80. The maximum atomic E-state index is 13.3. The van der Waals surface area contributed by atoms with Crippen molar-refractivity contribution >= 4 is 27.8 Å². The van der Waals surface area contributed by atoms with Gasteiger partial charge in [-0.25, -0.2) is 0 Å². The Labute approximate surface area is 249 Å². The van der Waals surface area contributed by atoms with Crippen LogP contribution in [0.1, 0.15) is 27.2 Å². The Morgan fingerprint density at radius 1 is 0.652 bits per heavy atom. The quantitative estimate of drug-likeness (QED) is 0.122. The molecule has 0 fully saturated rings. The minimum atomic E-state index is -6.71. The van der Waals surface area contributed by atoms with Crippen LogP contribution in [0.3, 0.4) is 0 Å². The van der Waals surface area contributed by atoms with Crippen LogP contribution in [0.25, 0.3) is 0 Å². The highest BCUT2D eigenvalue weighted by atomic mass is 32.2. The first kappa shape index (κ1) is 43.5. The lowest BCUT2D eigenvalue weighted by Gasteiger charge is -2.28. The predicted molar refractivity (Wildman–Crippen MR) is 119 cm³/mol. The monoisotopic (exact) mass is 734 g/mol. The van der Waals surface area contributed by atoms with Gasteiger partial charge in [-0.2, -0.15) is 69.9 Å². The molecule has 0 amide bonds. The number of ether oxygens (including phenoxy) is 4. The molecule has 0 radical (unpaired) electrons. The average molecular weight is 734 g/mol. The fourth-order valence-corrected chi connectivity index (χ4v) is 3.96. The zero-order valence-corrected chi connectivity index (χ0v) is 24.0. The van der Waals surface area contributed by atoms with E-state index in [0.29, 0.717) is 13.8 Å². The van der Waals surface area contributed by atoms with Gasteiger partial charge in [0.15, 0.2) is 5.25 Å². The fraction of sp³-hybridized carbons (Fsp3) is 0.857. The molecule has 0 aliphatic heterocycles. The summed E-state index contributed by atoms with van der Waals surface area (Å²) in [5, 5.41) is -3.12. The minimum absolute atomic E-state index is 0.675. The zero-order chi connectivity index (χ0) is 36.9. The van der Waals surface area contributed by atoms with E-state index in [-0.39, 0.29) is 0 Å². The summed E-state index contributed by atoms with van der Waals surface area (Å²) in [5.74, 6) is -32.6. The van der Waals surface area contributed by atoms with E-state index in [1.54, 1.807) is 0 Å². The van der Waals surface area contributed by atoms with Crippen LogP contribution in [0, 0.1) is 5.92 Å². The molecule has 0 heterocycles. The topological polar surface area (TPSA) is 142 Å². The van der Waals surface area contributed by atoms with Gasteiger partial charge < -0.3 is 23.7 Å². The predicted octanol–water partition coefficient (Wildman–Crippen LogP) is 4.40. The molecular formula is C21H24F14O10S. The molecule has 0 saturated carbocycles. The number of halogens is 14. The van der Waals surface area contributed by atoms with E-state index in [1.807, 2.05) is 0 Å². The van der Waals surface area contributed by atoms with Gasteiger partial charge >= 0.3 is 48.0 Å². The van der Waals surface area contributed by atoms with Crippen molar-refractivity contribution in [2.75, 3.05) is 26.4 Å². The summed E-state index contributed by atoms with van der Waals surface area (Å²) in [5.41, 5.74) is 0. The highest BCUT2D eigenvalue weighted by Crippen LogP contribution is 2.47. The fourth-order valence-electron chi connectivity index (χ4n) is 3.04. The van der Waals surface area contributed by atoms with Gasteiger partial charge in [-0.1, -0.05) is 0 Å². The van der Waals surface area contributed by atoms with E-state index in [1.165, 1.54) is 0 Å². The standard InChI is InChI=1S/C21H24F14O10S/c1-9(36)4-12(14(37)44-10(2)5-42-7-16(22,23)18(26,27)20(30,31)32)13(46(39,40)41)15(38)45-11(3)6-43-8-17(24,25)19(28,29)21(33,34)35/h10-13H,4-8H2,1-3H3,(H,39,40,41). The van der Waals surface area contributed by atoms with Crippen molar-refractivity contribution in [2.24, 2.45) is 5.92 Å². The third kappa shape index (κ3) is 11.3. The van der Waals surface area contributed by atoms with E-state index in [2.05, 4.69) is 18.9 Å². The first-order chi connectivity index (χ1) is 20.2. The van der Waals surface area contributed by atoms with E-state index in [9.17, 15) is 88.8 Å². The van der Waals surface area contributed by atoms with Crippen molar-refractivity contribution in [3.63, 3.8) is 0 Å². The van der Waals surface area contributed by atoms with E-state index < -0.39 is 120 Å². The minimum Gasteiger partial charge on any atom is -0.460 e. The molecule has 4 atom stereocenters. The van der Waals surface area contributed by atoms with Crippen LogP contribution < -0.4 is 0 Å². The number of Topliss-reactive ketones (excluding diaryl/α,β-unsaturated/α-hetero) is 1. The molecule has 46 heavy (non-hydrogen) atoms. The van der Waals surface area contributed by atoms with Gasteiger partial charge in [0.1, 0.15) is 31.2 Å². The molecule has 0 aromatic carbocycles. The summed E-state index contributed by atoms with van der Waals surface area (Å²) < 4.78 is 229. The Balaban J connectivity index is 5.67. The molecule has 0 spiro atoms. The van der Waals surface area contributed by atoms with Crippen LogP contribution in [0.5, 0.6) is 0 Å². The molecule has 0 rings (SSSR count).